The molecule has 7 heteroatoms. The predicted molar refractivity (Wildman–Crippen MR) is 66.5 cm³/mol. The van der Waals surface area contributed by atoms with Gasteiger partial charge in [-0.25, -0.2) is 4.79 Å². The lowest BCUT2D eigenvalue weighted by Gasteiger charge is -2.33. The number of ether oxygens (including phenoxy) is 1. The first-order valence-electron chi connectivity index (χ1n) is 6.36. The van der Waals surface area contributed by atoms with Crippen molar-refractivity contribution in [1.29, 1.82) is 0 Å². The topological polar surface area (TPSA) is 79.0 Å². The van der Waals surface area contributed by atoms with E-state index in [-0.39, 0.29) is 19.3 Å². The second-order valence-corrected chi connectivity index (χ2v) is 4.54. The number of aliphatic hydroxyl groups is 1. The lowest BCUT2D eigenvalue weighted by molar-refractivity contribution is 0.0613. The second-order valence-electron chi connectivity index (χ2n) is 4.54. The van der Waals surface area contributed by atoms with E-state index in [1.54, 1.807) is 4.90 Å². The molecule has 2 rings (SSSR count). The van der Waals surface area contributed by atoms with Crippen LogP contribution in [0.1, 0.15) is 11.5 Å². The summed E-state index contributed by atoms with van der Waals surface area (Å²) >= 11 is 0. The van der Waals surface area contributed by atoms with E-state index in [2.05, 4.69) is 10.1 Å². The zero-order chi connectivity index (χ0) is 13.7. The maximum atomic E-state index is 11.6. The number of carbonyl (C=O) groups is 1. The zero-order valence-electron chi connectivity index (χ0n) is 11.0. The van der Waals surface area contributed by atoms with Crippen LogP contribution in [0.3, 0.4) is 0 Å². The van der Waals surface area contributed by atoms with Gasteiger partial charge in [0.2, 0.25) is 0 Å². The van der Waals surface area contributed by atoms with E-state index < -0.39 is 0 Å². The fourth-order valence-corrected chi connectivity index (χ4v) is 2.02. The van der Waals surface area contributed by atoms with Crippen LogP contribution in [0.2, 0.25) is 0 Å². The molecule has 1 aliphatic heterocycles. The Morgan fingerprint density at radius 2 is 2.21 bits per heavy atom. The summed E-state index contributed by atoms with van der Waals surface area (Å²) in [6.45, 7) is 5.30. The molecular formula is C12H19N3O4. The standard InChI is InChI=1S/C12H19N3O4/c1-10-8-11(19-13-10)9-14-2-4-15(5-3-14)12(17)18-7-6-16/h8,16H,2-7,9H2,1H3. The van der Waals surface area contributed by atoms with E-state index >= 15 is 0 Å². The summed E-state index contributed by atoms with van der Waals surface area (Å²) in [5.41, 5.74) is 0.876. The molecule has 106 valence electrons. The van der Waals surface area contributed by atoms with E-state index in [9.17, 15) is 4.79 Å². The first-order valence-corrected chi connectivity index (χ1v) is 6.36. The summed E-state index contributed by atoms with van der Waals surface area (Å²) < 4.78 is 10.0. The summed E-state index contributed by atoms with van der Waals surface area (Å²) in [5.74, 6) is 0.841. The minimum absolute atomic E-state index is 0.0520. The third-order valence-electron chi connectivity index (χ3n) is 3.00. The molecule has 0 saturated carbocycles. The number of amides is 1. The van der Waals surface area contributed by atoms with Gasteiger partial charge in [0.05, 0.1) is 18.8 Å². The van der Waals surface area contributed by atoms with Crippen LogP contribution in [0.15, 0.2) is 10.6 Å². The molecular weight excluding hydrogens is 250 g/mol. The van der Waals surface area contributed by atoms with Crippen LogP contribution in [-0.4, -0.2) is 65.5 Å². The molecule has 1 aromatic heterocycles. The number of aromatic nitrogens is 1. The lowest BCUT2D eigenvalue weighted by Crippen LogP contribution is -2.48. The highest BCUT2D eigenvalue weighted by Crippen LogP contribution is 2.10. The highest BCUT2D eigenvalue weighted by atomic mass is 16.6. The van der Waals surface area contributed by atoms with Crippen molar-refractivity contribution in [3.63, 3.8) is 0 Å². The van der Waals surface area contributed by atoms with Crippen molar-refractivity contribution in [1.82, 2.24) is 15.0 Å². The maximum absolute atomic E-state index is 11.6. The van der Waals surface area contributed by atoms with Crippen molar-refractivity contribution in [2.75, 3.05) is 39.4 Å². The van der Waals surface area contributed by atoms with E-state index in [1.165, 1.54) is 0 Å². The number of aliphatic hydroxyl groups excluding tert-OH is 1. The summed E-state index contributed by atoms with van der Waals surface area (Å²) in [5, 5.41) is 12.5. The van der Waals surface area contributed by atoms with Crippen molar-refractivity contribution in [3.05, 3.63) is 17.5 Å². The van der Waals surface area contributed by atoms with Crippen LogP contribution < -0.4 is 0 Å². The van der Waals surface area contributed by atoms with Crippen molar-refractivity contribution in [3.8, 4) is 0 Å². The van der Waals surface area contributed by atoms with Gasteiger partial charge >= 0.3 is 6.09 Å². The molecule has 0 aliphatic carbocycles. The molecule has 2 heterocycles. The van der Waals surface area contributed by atoms with Crippen molar-refractivity contribution in [2.24, 2.45) is 0 Å². The molecule has 0 radical (unpaired) electrons. The third kappa shape index (κ3) is 3.93. The quantitative estimate of drug-likeness (QED) is 0.843. The molecule has 0 aromatic carbocycles. The molecule has 0 spiro atoms. The number of hydrogen-bond donors (Lipinski definition) is 1. The Morgan fingerprint density at radius 3 is 2.79 bits per heavy atom. The summed E-state index contributed by atoms with van der Waals surface area (Å²) in [6.07, 6.45) is -0.357. The van der Waals surface area contributed by atoms with Crippen LogP contribution in [0.4, 0.5) is 4.79 Å². The molecule has 0 atom stereocenters. The van der Waals surface area contributed by atoms with Gasteiger partial charge in [-0.3, -0.25) is 4.90 Å². The summed E-state index contributed by atoms with van der Waals surface area (Å²) in [6, 6.07) is 1.92. The van der Waals surface area contributed by atoms with E-state index in [0.717, 1.165) is 24.5 Å². The number of rotatable bonds is 4. The van der Waals surface area contributed by atoms with Crippen LogP contribution >= 0.6 is 0 Å². The van der Waals surface area contributed by atoms with Gasteiger partial charge in [-0.15, -0.1) is 0 Å². The van der Waals surface area contributed by atoms with E-state index in [4.69, 9.17) is 14.4 Å². The number of nitrogens with zero attached hydrogens (tertiary/aromatic N) is 3. The van der Waals surface area contributed by atoms with Crippen LogP contribution in [0, 0.1) is 6.92 Å². The molecule has 1 amide bonds. The third-order valence-corrected chi connectivity index (χ3v) is 3.00. The van der Waals surface area contributed by atoms with Crippen molar-refractivity contribution < 1.29 is 19.2 Å². The molecule has 1 fully saturated rings. The highest BCUT2D eigenvalue weighted by Gasteiger charge is 2.22. The maximum Gasteiger partial charge on any atom is 0.409 e. The largest absolute Gasteiger partial charge is 0.447 e. The van der Waals surface area contributed by atoms with Gasteiger partial charge in [-0.2, -0.15) is 0 Å². The number of hydrogen-bond acceptors (Lipinski definition) is 6. The fraction of sp³-hybridized carbons (Fsp3) is 0.667. The van der Waals surface area contributed by atoms with Crippen LogP contribution in [-0.2, 0) is 11.3 Å². The van der Waals surface area contributed by atoms with Gasteiger partial charge in [-0.05, 0) is 6.92 Å². The second kappa shape index (κ2) is 6.53. The average Bonchev–Trinajstić information content (AvgIpc) is 2.82. The summed E-state index contributed by atoms with van der Waals surface area (Å²) in [7, 11) is 0. The van der Waals surface area contributed by atoms with Gasteiger partial charge in [0.15, 0.2) is 5.76 Å². The molecule has 0 bridgehead atoms. The van der Waals surface area contributed by atoms with Crippen molar-refractivity contribution >= 4 is 6.09 Å². The molecule has 7 nitrogen and oxygen atoms in total. The van der Waals surface area contributed by atoms with Crippen LogP contribution in [0.5, 0.6) is 0 Å². The minimum Gasteiger partial charge on any atom is -0.447 e. The first kappa shape index (κ1) is 13.8. The normalized spacial score (nSPS) is 16.6. The van der Waals surface area contributed by atoms with Crippen molar-refractivity contribution in [2.45, 2.75) is 13.5 Å². The highest BCUT2D eigenvalue weighted by molar-refractivity contribution is 5.67. The Morgan fingerprint density at radius 1 is 1.47 bits per heavy atom. The van der Waals surface area contributed by atoms with Gasteiger partial charge < -0.3 is 19.3 Å². The zero-order valence-corrected chi connectivity index (χ0v) is 11.0. The Labute approximate surface area is 111 Å². The molecule has 1 aromatic rings. The van der Waals surface area contributed by atoms with E-state index in [0.29, 0.717) is 19.6 Å². The molecule has 1 saturated heterocycles. The van der Waals surface area contributed by atoms with Crippen LogP contribution in [0.25, 0.3) is 0 Å². The monoisotopic (exact) mass is 269 g/mol. The first-order chi connectivity index (χ1) is 9.19. The Balaban J connectivity index is 1.74. The number of carbonyl (C=O) groups excluding carboxylic acids is 1. The predicted octanol–water partition coefficient (Wildman–Crippen LogP) is 0.230. The number of aryl methyl sites for hydroxylation is 1. The van der Waals surface area contributed by atoms with Gasteiger partial charge in [0, 0.05) is 32.2 Å². The summed E-state index contributed by atoms with van der Waals surface area (Å²) in [4.78, 5) is 15.4. The minimum atomic E-state index is -0.357. The van der Waals surface area contributed by atoms with Gasteiger partial charge in [0.25, 0.3) is 0 Å². The Kier molecular flexibility index (Phi) is 4.75. The SMILES string of the molecule is Cc1cc(CN2CCN(C(=O)OCCO)CC2)on1. The molecule has 1 N–H and O–H groups in total. The average molecular weight is 269 g/mol. The van der Waals surface area contributed by atoms with Gasteiger partial charge in [0.1, 0.15) is 6.61 Å². The Bertz CT molecular complexity index is 413. The molecule has 1 aliphatic rings. The molecule has 0 unspecified atom stereocenters. The van der Waals surface area contributed by atoms with E-state index in [1.807, 2.05) is 13.0 Å². The lowest BCUT2D eigenvalue weighted by atomic mass is 10.3. The molecule has 19 heavy (non-hydrogen) atoms. The Hall–Kier alpha value is -1.60. The number of piperazine rings is 1. The smallest absolute Gasteiger partial charge is 0.409 e. The van der Waals surface area contributed by atoms with Gasteiger partial charge in [-0.1, -0.05) is 5.16 Å². The fourth-order valence-electron chi connectivity index (χ4n) is 2.02.